The highest BCUT2D eigenvalue weighted by Crippen LogP contribution is 2.33. The summed E-state index contributed by atoms with van der Waals surface area (Å²) in [5.41, 5.74) is 1.19. The Morgan fingerprint density at radius 3 is 2.53 bits per heavy atom. The number of benzene rings is 1. The number of hydrogen-bond acceptors (Lipinski definition) is 1. The molecule has 1 aliphatic rings. The van der Waals surface area contributed by atoms with Crippen LogP contribution >= 0.6 is 11.6 Å². The summed E-state index contributed by atoms with van der Waals surface area (Å²) in [5, 5.41) is 0.743. The number of likely N-dealkylation sites (tertiary alicyclic amines) is 1. The van der Waals surface area contributed by atoms with Crippen LogP contribution in [0.4, 0.5) is 0 Å². The summed E-state index contributed by atoms with van der Waals surface area (Å²) < 4.78 is 0. The van der Waals surface area contributed by atoms with Crippen molar-refractivity contribution in [3.05, 3.63) is 34.9 Å². The van der Waals surface area contributed by atoms with Crippen molar-refractivity contribution in [2.75, 3.05) is 0 Å². The number of piperidine rings is 1. The van der Waals surface area contributed by atoms with E-state index in [-0.39, 0.29) is 18.0 Å². The second kappa shape index (κ2) is 5.09. The van der Waals surface area contributed by atoms with Gasteiger partial charge in [0.1, 0.15) is 0 Å². The summed E-state index contributed by atoms with van der Waals surface area (Å²) in [4.78, 5) is 14.0. The Balaban J connectivity index is 2.28. The number of carbonyl (C=O) groups is 1. The molecule has 17 heavy (non-hydrogen) atoms. The maximum atomic E-state index is 12.0. The Labute approximate surface area is 108 Å². The van der Waals surface area contributed by atoms with Crippen LogP contribution in [0.5, 0.6) is 0 Å². The van der Waals surface area contributed by atoms with Gasteiger partial charge in [0.2, 0.25) is 5.91 Å². The van der Waals surface area contributed by atoms with Crippen molar-refractivity contribution in [3.63, 3.8) is 0 Å². The van der Waals surface area contributed by atoms with Crippen LogP contribution in [-0.4, -0.2) is 16.8 Å². The van der Waals surface area contributed by atoms with Crippen LogP contribution in [0.3, 0.4) is 0 Å². The van der Waals surface area contributed by atoms with Crippen LogP contribution in [0.15, 0.2) is 24.3 Å². The topological polar surface area (TPSA) is 20.3 Å². The van der Waals surface area contributed by atoms with Gasteiger partial charge in [-0.2, -0.15) is 0 Å². The molecule has 1 aromatic rings. The second-order valence-electron chi connectivity index (χ2n) is 4.85. The zero-order valence-electron chi connectivity index (χ0n) is 10.3. The summed E-state index contributed by atoms with van der Waals surface area (Å²) in [6.45, 7) is 4.15. The molecular weight excluding hydrogens is 234 g/mol. The smallest absolute Gasteiger partial charge is 0.223 e. The molecule has 0 aliphatic carbocycles. The number of halogens is 1. The molecule has 3 heteroatoms. The Kier molecular flexibility index (Phi) is 3.72. The lowest BCUT2D eigenvalue weighted by Gasteiger charge is -2.39. The van der Waals surface area contributed by atoms with E-state index in [0.29, 0.717) is 6.42 Å². The largest absolute Gasteiger partial charge is 0.333 e. The molecule has 0 N–H and O–H groups in total. The molecule has 1 saturated heterocycles. The Bertz CT molecular complexity index is 399. The first-order chi connectivity index (χ1) is 8.09. The standard InChI is InChI=1S/C14H18ClNO/c1-10(2)16-13(4-3-5-14(16)17)11-6-8-12(15)9-7-11/h6-10,13H,3-5H2,1-2H3. The number of amides is 1. The van der Waals surface area contributed by atoms with E-state index in [1.807, 2.05) is 29.2 Å². The normalized spacial score (nSPS) is 21.1. The molecule has 1 amide bonds. The first-order valence-electron chi connectivity index (χ1n) is 6.16. The summed E-state index contributed by atoms with van der Waals surface area (Å²) in [5.74, 6) is 0.270. The van der Waals surface area contributed by atoms with Gasteiger partial charge in [-0.05, 0) is 44.4 Å². The van der Waals surface area contributed by atoms with Crippen LogP contribution in [0.25, 0.3) is 0 Å². The predicted molar refractivity (Wildman–Crippen MR) is 70.0 cm³/mol. The first-order valence-corrected chi connectivity index (χ1v) is 6.54. The SMILES string of the molecule is CC(C)N1C(=O)CCCC1c1ccc(Cl)cc1. The lowest BCUT2D eigenvalue weighted by molar-refractivity contribution is -0.138. The van der Waals surface area contributed by atoms with Gasteiger partial charge in [0.05, 0.1) is 6.04 Å². The molecule has 0 aromatic heterocycles. The highest BCUT2D eigenvalue weighted by molar-refractivity contribution is 6.30. The summed E-state index contributed by atoms with van der Waals surface area (Å²) in [6.07, 6.45) is 2.71. The number of nitrogens with zero attached hydrogens (tertiary/aromatic N) is 1. The molecule has 0 spiro atoms. The molecular formula is C14H18ClNO. The van der Waals surface area contributed by atoms with E-state index in [2.05, 4.69) is 13.8 Å². The Morgan fingerprint density at radius 1 is 1.29 bits per heavy atom. The number of carbonyl (C=O) groups excluding carboxylic acids is 1. The fourth-order valence-electron chi connectivity index (χ4n) is 2.55. The van der Waals surface area contributed by atoms with Crippen LogP contribution in [-0.2, 0) is 4.79 Å². The quantitative estimate of drug-likeness (QED) is 0.783. The molecule has 92 valence electrons. The first kappa shape index (κ1) is 12.4. The van der Waals surface area contributed by atoms with E-state index in [0.717, 1.165) is 17.9 Å². The molecule has 1 fully saturated rings. The third-order valence-electron chi connectivity index (χ3n) is 3.30. The van der Waals surface area contributed by atoms with Crippen molar-refractivity contribution in [2.24, 2.45) is 0 Å². The molecule has 2 rings (SSSR count). The summed E-state index contributed by atoms with van der Waals surface area (Å²) in [7, 11) is 0. The average Bonchev–Trinajstić information content (AvgIpc) is 2.29. The van der Waals surface area contributed by atoms with Gasteiger partial charge in [-0.3, -0.25) is 4.79 Å². The lowest BCUT2D eigenvalue weighted by Crippen LogP contribution is -2.42. The van der Waals surface area contributed by atoms with Gasteiger partial charge >= 0.3 is 0 Å². The molecule has 1 atom stereocenters. The molecule has 0 saturated carbocycles. The minimum atomic E-state index is 0.216. The molecule has 0 bridgehead atoms. The molecule has 2 nitrogen and oxygen atoms in total. The van der Waals surface area contributed by atoms with Crippen molar-refractivity contribution in [3.8, 4) is 0 Å². The maximum Gasteiger partial charge on any atom is 0.223 e. The highest BCUT2D eigenvalue weighted by Gasteiger charge is 2.30. The Hall–Kier alpha value is -1.02. The van der Waals surface area contributed by atoms with Gasteiger partial charge in [-0.15, -0.1) is 0 Å². The van der Waals surface area contributed by atoms with Gasteiger partial charge in [0.25, 0.3) is 0 Å². The third-order valence-corrected chi connectivity index (χ3v) is 3.56. The van der Waals surface area contributed by atoms with Crippen molar-refractivity contribution < 1.29 is 4.79 Å². The minimum Gasteiger partial charge on any atom is -0.333 e. The average molecular weight is 252 g/mol. The molecule has 1 aromatic carbocycles. The monoisotopic (exact) mass is 251 g/mol. The van der Waals surface area contributed by atoms with Crippen LogP contribution in [0.1, 0.15) is 44.7 Å². The van der Waals surface area contributed by atoms with Crippen LogP contribution in [0.2, 0.25) is 5.02 Å². The van der Waals surface area contributed by atoms with Gasteiger partial charge < -0.3 is 4.90 Å². The van der Waals surface area contributed by atoms with Crippen molar-refractivity contribution in [1.82, 2.24) is 4.90 Å². The highest BCUT2D eigenvalue weighted by atomic mass is 35.5. The van der Waals surface area contributed by atoms with Gasteiger partial charge in [-0.1, -0.05) is 23.7 Å². The molecule has 1 aliphatic heterocycles. The molecule has 1 heterocycles. The van der Waals surface area contributed by atoms with Crippen LogP contribution in [0, 0.1) is 0 Å². The maximum absolute atomic E-state index is 12.0. The summed E-state index contributed by atoms with van der Waals surface area (Å²) >= 11 is 5.90. The third kappa shape index (κ3) is 2.63. The van der Waals surface area contributed by atoms with E-state index in [9.17, 15) is 4.79 Å². The number of hydrogen-bond donors (Lipinski definition) is 0. The van der Waals surface area contributed by atoms with E-state index in [4.69, 9.17) is 11.6 Å². The Morgan fingerprint density at radius 2 is 1.94 bits per heavy atom. The lowest BCUT2D eigenvalue weighted by atomic mass is 9.93. The minimum absolute atomic E-state index is 0.216. The van der Waals surface area contributed by atoms with Crippen LogP contribution < -0.4 is 0 Å². The van der Waals surface area contributed by atoms with Gasteiger partial charge in [-0.25, -0.2) is 0 Å². The zero-order chi connectivity index (χ0) is 12.4. The van der Waals surface area contributed by atoms with Crippen molar-refractivity contribution in [1.29, 1.82) is 0 Å². The molecule has 0 radical (unpaired) electrons. The van der Waals surface area contributed by atoms with Crippen molar-refractivity contribution >= 4 is 17.5 Å². The van der Waals surface area contributed by atoms with E-state index < -0.39 is 0 Å². The summed E-state index contributed by atoms with van der Waals surface area (Å²) in [6, 6.07) is 8.32. The van der Waals surface area contributed by atoms with E-state index >= 15 is 0 Å². The zero-order valence-corrected chi connectivity index (χ0v) is 11.1. The fraction of sp³-hybridized carbons (Fsp3) is 0.500. The van der Waals surface area contributed by atoms with E-state index in [1.165, 1.54) is 5.56 Å². The predicted octanol–water partition coefficient (Wildman–Crippen LogP) is 3.80. The van der Waals surface area contributed by atoms with E-state index in [1.54, 1.807) is 0 Å². The fourth-order valence-corrected chi connectivity index (χ4v) is 2.67. The van der Waals surface area contributed by atoms with Crippen molar-refractivity contribution in [2.45, 2.75) is 45.2 Å². The number of rotatable bonds is 2. The van der Waals surface area contributed by atoms with Gasteiger partial charge in [0.15, 0.2) is 0 Å². The van der Waals surface area contributed by atoms with Gasteiger partial charge in [0, 0.05) is 17.5 Å². The second-order valence-corrected chi connectivity index (χ2v) is 5.29. The molecule has 1 unspecified atom stereocenters.